The van der Waals surface area contributed by atoms with Gasteiger partial charge in [0.15, 0.2) is 0 Å². The summed E-state index contributed by atoms with van der Waals surface area (Å²) in [7, 11) is 0. The van der Waals surface area contributed by atoms with Crippen LogP contribution >= 0.6 is 0 Å². The number of alkyl halides is 6. The number of fused-ring (bicyclic) bond motifs is 1. The van der Waals surface area contributed by atoms with Crippen LogP contribution < -0.4 is 0 Å². The quantitative estimate of drug-likeness (QED) is 0.565. The van der Waals surface area contributed by atoms with Gasteiger partial charge in [0.2, 0.25) is 5.91 Å². The summed E-state index contributed by atoms with van der Waals surface area (Å²) in [5, 5.41) is 14.2. The van der Waals surface area contributed by atoms with Gasteiger partial charge < -0.3 is 19.5 Å². The highest BCUT2D eigenvalue weighted by molar-refractivity contribution is 5.80. The van der Waals surface area contributed by atoms with Gasteiger partial charge in [-0.05, 0) is 43.2 Å². The Kier molecular flexibility index (Phi) is 9.67. The van der Waals surface area contributed by atoms with Crippen molar-refractivity contribution >= 4 is 17.8 Å². The van der Waals surface area contributed by atoms with Crippen LogP contribution in [0.3, 0.4) is 0 Å². The number of rotatable bonds is 4. The lowest BCUT2D eigenvalue weighted by atomic mass is 10.1. The number of carbonyl (C=O) groups excluding carboxylic acids is 1. The van der Waals surface area contributed by atoms with Gasteiger partial charge >= 0.3 is 24.3 Å². The number of carboxylic acids is 2. The van der Waals surface area contributed by atoms with E-state index < -0.39 is 24.3 Å². The molecule has 2 aliphatic rings. The average Bonchev–Trinajstić information content (AvgIpc) is 3.46. The average molecular weight is 539 g/mol. The van der Waals surface area contributed by atoms with Crippen molar-refractivity contribution in [2.45, 2.75) is 57.3 Å². The zero-order chi connectivity index (χ0) is 28.0. The Morgan fingerprint density at radius 2 is 1.51 bits per heavy atom. The molecule has 4 rings (SSSR count). The summed E-state index contributed by atoms with van der Waals surface area (Å²) in [6.45, 7) is 4.47. The molecule has 0 bridgehead atoms. The molecule has 0 unspecified atom stereocenters. The van der Waals surface area contributed by atoms with Crippen LogP contribution in [0.2, 0.25) is 0 Å². The van der Waals surface area contributed by atoms with Crippen molar-refractivity contribution in [3.8, 4) is 0 Å². The van der Waals surface area contributed by atoms with E-state index in [1.54, 1.807) is 12.4 Å². The van der Waals surface area contributed by atoms with Crippen LogP contribution in [0.25, 0.3) is 0 Å². The molecular weight excluding hydrogens is 516 g/mol. The predicted octanol–water partition coefficient (Wildman–Crippen LogP) is 3.63. The zero-order valence-corrected chi connectivity index (χ0v) is 19.3. The normalized spacial score (nSPS) is 19.4. The number of amides is 1. The van der Waals surface area contributed by atoms with E-state index in [2.05, 4.69) is 9.88 Å². The Morgan fingerprint density at radius 1 is 0.973 bits per heavy atom. The molecule has 9 nitrogen and oxygen atoms in total. The van der Waals surface area contributed by atoms with E-state index in [1.807, 2.05) is 36.1 Å². The molecule has 2 aromatic rings. The van der Waals surface area contributed by atoms with E-state index >= 15 is 0 Å². The number of carbonyl (C=O) groups is 3. The van der Waals surface area contributed by atoms with Crippen molar-refractivity contribution in [2.24, 2.45) is 0 Å². The molecule has 2 atom stereocenters. The Hall–Kier alpha value is -3.62. The summed E-state index contributed by atoms with van der Waals surface area (Å²) in [6, 6.07) is 8.64. The fourth-order valence-electron chi connectivity index (χ4n) is 3.87. The number of aromatic nitrogens is 1. The van der Waals surface area contributed by atoms with Crippen molar-refractivity contribution < 1.29 is 55.4 Å². The Morgan fingerprint density at radius 3 is 1.97 bits per heavy atom. The minimum absolute atomic E-state index is 0.261. The van der Waals surface area contributed by atoms with Gasteiger partial charge in [-0.2, -0.15) is 26.3 Å². The molecule has 2 saturated heterocycles. The zero-order valence-electron chi connectivity index (χ0n) is 19.3. The minimum Gasteiger partial charge on any atom is -0.475 e. The van der Waals surface area contributed by atoms with Crippen molar-refractivity contribution in [3.63, 3.8) is 0 Å². The van der Waals surface area contributed by atoms with E-state index in [1.165, 1.54) is 0 Å². The first kappa shape index (κ1) is 29.6. The highest BCUT2D eigenvalue weighted by atomic mass is 19.4. The molecule has 2 N–H and O–H groups in total. The van der Waals surface area contributed by atoms with Gasteiger partial charge in [0.1, 0.15) is 11.5 Å². The van der Waals surface area contributed by atoms with Gasteiger partial charge in [-0.25, -0.2) is 9.59 Å². The maximum absolute atomic E-state index is 12.5. The van der Waals surface area contributed by atoms with Crippen molar-refractivity contribution in [2.75, 3.05) is 6.54 Å². The molecule has 4 heterocycles. The summed E-state index contributed by atoms with van der Waals surface area (Å²) < 4.78 is 69.2. The summed E-state index contributed by atoms with van der Waals surface area (Å²) in [6.07, 6.45) is -4.93. The molecule has 2 aromatic heterocycles. The lowest BCUT2D eigenvalue weighted by Gasteiger charge is -2.25. The molecule has 1 amide bonds. The van der Waals surface area contributed by atoms with Gasteiger partial charge in [0, 0.05) is 44.0 Å². The topological polar surface area (TPSA) is 124 Å². The van der Waals surface area contributed by atoms with Gasteiger partial charge in [0.05, 0.1) is 6.54 Å². The van der Waals surface area contributed by atoms with Crippen molar-refractivity contribution in [3.05, 3.63) is 53.7 Å². The SMILES string of the molecule is Cc1ccc(CN2CC[C@H]3[C@H]2CC(=O)N3Cc2ccncc2)o1.O=C(O)C(F)(F)F.O=C(O)C(F)(F)F. The Balaban J connectivity index is 0.000000286. The first-order chi connectivity index (χ1) is 17.1. The number of aliphatic carboxylic acids is 2. The molecule has 0 spiro atoms. The second-order valence-corrected chi connectivity index (χ2v) is 8.09. The molecule has 0 saturated carbocycles. The monoisotopic (exact) mass is 539 g/mol. The van der Waals surface area contributed by atoms with Crippen LogP contribution in [0.5, 0.6) is 0 Å². The second-order valence-electron chi connectivity index (χ2n) is 8.09. The van der Waals surface area contributed by atoms with Gasteiger partial charge in [-0.15, -0.1) is 0 Å². The number of nitrogens with zero attached hydrogens (tertiary/aromatic N) is 3. The first-order valence-corrected chi connectivity index (χ1v) is 10.7. The third-order valence-corrected chi connectivity index (χ3v) is 5.47. The molecule has 0 aromatic carbocycles. The van der Waals surface area contributed by atoms with E-state index in [4.69, 9.17) is 24.2 Å². The maximum atomic E-state index is 12.5. The highest BCUT2D eigenvalue weighted by Crippen LogP contribution is 2.34. The second kappa shape index (κ2) is 12.1. The third-order valence-electron chi connectivity index (χ3n) is 5.47. The molecule has 37 heavy (non-hydrogen) atoms. The van der Waals surface area contributed by atoms with Crippen molar-refractivity contribution in [1.82, 2.24) is 14.8 Å². The van der Waals surface area contributed by atoms with E-state index in [0.717, 1.165) is 36.6 Å². The third kappa shape index (κ3) is 8.77. The predicted molar refractivity (Wildman–Crippen MR) is 113 cm³/mol. The molecule has 0 aliphatic carbocycles. The maximum Gasteiger partial charge on any atom is 0.490 e. The highest BCUT2D eigenvalue weighted by Gasteiger charge is 2.46. The number of carboxylic acid groups (broad SMARTS) is 2. The van der Waals surface area contributed by atoms with Crippen LogP contribution in [0.4, 0.5) is 26.3 Å². The molecule has 2 fully saturated rings. The van der Waals surface area contributed by atoms with E-state index in [9.17, 15) is 31.1 Å². The Labute approximate surface area is 206 Å². The number of pyridine rings is 1. The summed E-state index contributed by atoms with van der Waals surface area (Å²) in [5.41, 5.74) is 1.15. The fraction of sp³-hybridized carbons (Fsp3) is 0.455. The molecule has 2 aliphatic heterocycles. The van der Waals surface area contributed by atoms with Crippen LogP contribution in [0.15, 0.2) is 41.1 Å². The fourth-order valence-corrected chi connectivity index (χ4v) is 3.87. The smallest absolute Gasteiger partial charge is 0.475 e. The van der Waals surface area contributed by atoms with Crippen LogP contribution in [0.1, 0.15) is 29.9 Å². The van der Waals surface area contributed by atoms with E-state index in [-0.39, 0.29) is 5.91 Å². The van der Waals surface area contributed by atoms with Gasteiger partial charge in [0.25, 0.3) is 0 Å². The summed E-state index contributed by atoms with van der Waals surface area (Å²) in [5.74, 6) is -3.32. The van der Waals surface area contributed by atoms with Gasteiger partial charge in [-0.1, -0.05) is 0 Å². The number of furan rings is 1. The molecular formula is C22H23F6N3O6. The van der Waals surface area contributed by atoms with Crippen LogP contribution in [-0.4, -0.2) is 73.8 Å². The number of hydrogen-bond donors (Lipinski definition) is 2. The number of halogens is 6. The lowest BCUT2D eigenvalue weighted by molar-refractivity contribution is -0.193. The minimum atomic E-state index is -5.08. The number of likely N-dealkylation sites (tertiary alicyclic amines) is 2. The Bertz CT molecular complexity index is 1050. The number of aryl methyl sites for hydroxylation is 1. The number of hydrogen-bond acceptors (Lipinski definition) is 6. The summed E-state index contributed by atoms with van der Waals surface area (Å²) >= 11 is 0. The van der Waals surface area contributed by atoms with Crippen molar-refractivity contribution in [1.29, 1.82) is 0 Å². The lowest BCUT2D eigenvalue weighted by Crippen LogP contribution is -2.36. The largest absolute Gasteiger partial charge is 0.490 e. The standard InChI is InChI=1S/C18H21N3O2.2C2HF3O2/c1-13-2-3-15(23-13)12-20-9-6-16-17(20)10-18(22)21(16)11-14-4-7-19-8-5-14;2*3-2(4,5)1(6)7/h2-5,7-8,16-17H,6,9-12H2,1H3;2*(H,6,7)/t16-,17+;;/m0../s1. The van der Waals surface area contributed by atoms with Crippen LogP contribution in [0, 0.1) is 6.92 Å². The van der Waals surface area contributed by atoms with Crippen LogP contribution in [-0.2, 0) is 27.5 Å². The first-order valence-electron chi connectivity index (χ1n) is 10.7. The molecule has 15 heteroatoms. The van der Waals surface area contributed by atoms with E-state index in [0.29, 0.717) is 25.0 Å². The van der Waals surface area contributed by atoms with Gasteiger partial charge in [-0.3, -0.25) is 14.7 Å². The molecule has 204 valence electrons. The molecule has 0 radical (unpaired) electrons. The summed E-state index contributed by atoms with van der Waals surface area (Å²) in [4.78, 5) is 38.7.